The van der Waals surface area contributed by atoms with Gasteiger partial charge in [0.25, 0.3) is 10.1 Å². The van der Waals surface area contributed by atoms with Gasteiger partial charge in [0.05, 0.1) is 17.9 Å². The number of hydrogen-bond donors (Lipinski definition) is 3. The van der Waals surface area contributed by atoms with Crippen LogP contribution in [-0.4, -0.2) is 41.9 Å². The number of rotatable bonds is 33. The molecule has 0 bridgehead atoms. The first-order valence-electron chi connectivity index (χ1n) is 19.0. The number of carbonyl (C=O) groups is 1. The van der Waals surface area contributed by atoms with Crippen LogP contribution in [0.2, 0.25) is 0 Å². The van der Waals surface area contributed by atoms with Gasteiger partial charge in [0.2, 0.25) is 5.91 Å². The quantitative estimate of drug-likeness (QED) is 0.0364. The summed E-state index contributed by atoms with van der Waals surface area (Å²) in [7, 11) is -4.35. The Kier molecular flexibility index (Phi) is 32.5. The second kappa shape index (κ2) is 33.9. The Morgan fingerprint density at radius 1 is 0.574 bits per heavy atom. The largest absolute Gasteiger partial charge is 0.387 e. The molecular weight excluding hydrogens is 607 g/mol. The van der Waals surface area contributed by atoms with Gasteiger partial charge in [0.15, 0.2) is 0 Å². The number of hydrogen-bond acceptors (Lipinski definition) is 4. The zero-order chi connectivity index (χ0) is 34.7. The van der Waals surface area contributed by atoms with E-state index in [9.17, 15) is 22.9 Å². The van der Waals surface area contributed by atoms with E-state index in [4.69, 9.17) is 0 Å². The second-order valence-corrected chi connectivity index (χ2v) is 14.3. The predicted molar refractivity (Wildman–Crippen MR) is 202 cm³/mol. The molecule has 6 nitrogen and oxygen atoms in total. The van der Waals surface area contributed by atoms with Crippen molar-refractivity contribution in [1.82, 2.24) is 5.32 Å². The monoisotopic (exact) mass is 678 g/mol. The van der Waals surface area contributed by atoms with Crippen LogP contribution in [0.15, 0.2) is 60.8 Å². The Morgan fingerprint density at radius 3 is 1.53 bits per heavy atom. The van der Waals surface area contributed by atoms with Crippen molar-refractivity contribution in [2.75, 3.05) is 5.75 Å². The first-order valence-corrected chi connectivity index (χ1v) is 20.6. The van der Waals surface area contributed by atoms with Crippen LogP contribution < -0.4 is 5.32 Å². The van der Waals surface area contributed by atoms with E-state index in [2.05, 4.69) is 67.8 Å². The smallest absolute Gasteiger partial charge is 0.267 e. The molecule has 0 aliphatic rings. The molecule has 1 amide bonds. The maximum atomic E-state index is 12.4. The van der Waals surface area contributed by atoms with Crippen LogP contribution in [0.1, 0.15) is 168 Å². The van der Waals surface area contributed by atoms with Gasteiger partial charge in [-0.15, -0.1) is 0 Å². The zero-order valence-electron chi connectivity index (χ0n) is 30.1. The van der Waals surface area contributed by atoms with Gasteiger partial charge in [-0.25, -0.2) is 0 Å². The van der Waals surface area contributed by atoms with Gasteiger partial charge in [-0.1, -0.05) is 152 Å². The minimum atomic E-state index is -4.35. The SMILES string of the molecule is CCCCC/C=C/CC/C=C/C(O)C(CS(=O)(=O)O)NC(=O)CCCCCCCCCC/C=C\C/C=C\C/C=C\CCCCCCC. The van der Waals surface area contributed by atoms with Gasteiger partial charge in [-0.3, -0.25) is 9.35 Å². The highest BCUT2D eigenvalue weighted by atomic mass is 32.2. The van der Waals surface area contributed by atoms with Crippen LogP contribution in [0.4, 0.5) is 0 Å². The summed E-state index contributed by atoms with van der Waals surface area (Å²) in [6.45, 7) is 4.44. The summed E-state index contributed by atoms with van der Waals surface area (Å²) in [4.78, 5) is 12.4. The Balaban J connectivity index is 3.91. The molecule has 0 aliphatic heterocycles. The van der Waals surface area contributed by atoms with E-state index >= 15 is 0 Å². The number of aliphatic hydroxyl groups excluding tert-OH is 1. The molecule has 0 radical (unpaired) electrons. The fourth-order valence-electron chi connectivity index (χ4n) is 5.29. The summed E-state index contributed by atoms with van der Waals surface area (Å²) in [6, 6.07) is -1.08. The lowest BCUT2D eigenvalue weighted by Gasteiger charge is -2.21. The van der Waals surface area contributed by atoms with E-state index in [1.165, 1.54) is 89.5 Å². The van der Waals surface area contributed by atoms with Crippen LogP contribution in [0.25, 0.3) is 0 Å². The molecule has 0 saturated heterocycles. The molecule has 0 aliphatic carbocycles. The Morgan fingerprint density at radius 2 is 0.979 bits per heavy atom. The lowest BCUT2D eigenvalue weighted by molar-refractivity contribution is -0.122. The van der Waals surface area contributed by atoms with Crippen molar-refractivity contribution >= 4 is 16.0 Å². The molecule has 2 atom stereocenters. The average molecular weight is 678 g/mol. The lowest BCUT2D eigenvalue weighted by Crippen LogP contribution is -2.46. The fraction of sp³-hybridized carbons (Fsp3) is 0.725. The van der Waals surface area contributed by atoms with E-state index in [1.807, 2.05) is 0 Å². The van der Waals surface area contributed by atoms with Crippen LogP contribution in [0.5, 0.6) is 0 Å². The average Bonchev–Trinajstić information content (AvgIpc) is 3.03. The van der Waals surface area contributed by atoms with Gasteiger partial charge < -0.3 is 10.4 Å². The molecule has 7 heteroatoms. The maximum Gasteiger partial charge on any atom is 0.267 e. The second-order valence-electron chi connectivity index (χ2n) is 12.8. The highest BCUT2D eigenvalue weighted by molar-refractivity contribution is 7.85. The van der Waals surface area contributed by atoms with Crippen molar-refractivity contribution in [2.24, 2.45) is 0 Å². The Bertz CT molecular complexity index is 967. The Hall–Kier alpha value is -1.96. The summed E-state index contributed by atoms with van der Waals surface area (Å²) in [5.74, 6) is -1.02. The molecule has 0 rings (SSSR count). The summed E-state index contributed by atoms with van der Waals surface area (Å²) < 4.78 is 32.3. The first-order chi connectivity index (χ1) is 22.8. The number of aliphatic hydroxyl groups is 1. The van der Waals surface area contributed by atoms with E-state index in [0.29, 0.717) is 6.42 Å². The number of allylic oxidation sites excluding steroid dienone is 9. The standard InChI is InChI=1S/C40H71NO5S/c1-3-5-7-9-11-13-14-15-16-17-18-19-20-21-22-23-24-25-26-28-30-32-34-36-40(43)41-38(37-47(44,45)46)39(42)35-33-31-29-27-12-10-8-6-4-2/h12,14-15,17-18,20-21,27,33,35,38-39,42H,3-11,13,16,19,22-26,28-32,34,36-37H2,1-2H3,(H,41,43)(H,44,45,46)/b15-14-,18-17-,21-20-,27-12+,35-33+. The summed E-state index contributed by atoms with van der Waals surface area (Å²) in [5, 5.41) is 13.1. The molecule has 0 aromatic rings. The third kappa shape index (κ3) is 35.2. The van der Waals surface area contributed by atoms with Crippen molar-refractivity contribution in [3.05, 3.63) is 60.8 Å². The highest BCUT2D eigenvalue weighted by Gasteiger charge is 2.24. The Labute approximate surface area is 290 Å². The topological polar surface area (TPSA) is 104 Å². The molecule has 272 valence electrons. The van der Waals surface area contributed by atoms with E-state index in [0.717, 1.165) is 57.8 Å². The summed E-state index contributed by atoms with van der Waals surface area (Å²) in [6.07, 6.45) is 46.5. The normalized spacial score (nSPS) is 14.0. The van der Waals surface area contributed by atoms with Gasteiger partial charge in [0.1, 0.15) is 0 Å². The molecule has 0 aromatic carbocycles. The third-order valence-corrected chi connectivity index (χ3v) is 8.95. The molecule has 47 heavy (non-hydrogen) atoms. The molecule has 2 unspecified atom stereocenters. The predicted octanol–water partition coefficient (Wildman–Crippen LogP) is 10.9. The van der Waals surface area contributed by atoms with Gasteiger partial charge >= 0.3 is 0 Å². The molecule has 0 aromatic heterocycles. The summed E-state index contributed by atoms with van der Waals surface area (Å²) in [5.41, 5.74) is 0. The number of amides is 1. The van der Waals surface area contributed by atoms with Crippen LogP contribution in [-0.2, 0) is 14.9 Å². The van der Waals surface area contributed by atoms with Crippen LogP contribution in [0, 0.1) is 0 Å². The van der Waals surface area contributed by atoms with Crippen LogP contribution in [0.3, 0.4) is 0 Å². The lowest BCUT2D eigenvalue weighted by atomic mass is 10.1. The molecule has 3 N–H and O–H groups in total. The number of carbonyl (C=O) groups excluding carboxylic acids is 1. The first kappa shape index (κ1) is 45.0. The van der Waals surface area contributed by atoms with E-state index in [-0.39, 0.29) is 12.3 Å². The van der Waals surface area contributed by atoms with Crippen molar-refractivity contribution < 1.29 is 22.9 Å². The van der Waals surface area contributed by atoms with Crippen molar-refractivity contribution in [3.63, 3.8) is 0 Å². The maximum absolute atomic E-state index is 12.4. The third-order valence-electron chi connectivity index (χ3n) is 8.17. The molecule has 0 heterocycles. The fourth-order valence-corrected chi connectivity index (χ4v) is 6.03. The number of unbranched alkanes of at least 4 members (excludes halogenated alkanes) is 17. The minimum Gasteiger partial charge on any atom is -0.387 e. The minimum absolute atomic E-state index is 0.276. The zero-order valence-corrected chi connectivity index (χ0v) is 30.9. The molecular formula is C40H71NO5S. The summed E-state index contributed by atoms with van der Waals surface area (Å²) >= 11 is 0. The molecule has 0 spiro atoms. The van der Waals surface area contributed by atoms with Gasteiger partial charge in [-0.2, -0.15) is 8.42 Å². The molecule has 0 fully saturated rings. The van der Waals surface area contributed by atoms with Gasteiger partial charge in [-0.05, 0) is 70.6 Å². The highest BCUT2D eigenvalue weighted by Crippen LogP contribution is 2.12. The number of nitrogens with one attached hydrogen (secondary N) is 1. The van der Waals surface area contributed by atoms with E-state index < -0.39 is 28.0 Å². The van der Waals surface area contributed by atoms with Gasteiger partial charge in [0, 0.05) is 6.42 Å². The van der Waals surface area contributed by atoms with Crippen molar-refractivity contribution in [1.29, 1.82) is 0 Å². The van der Waals surface area contributed by atoms with Crippen LogP contribution >= 0.6 is 0 Å². The van der Waals surface area contributed by atoms with Crippen molar-refractivity contribution in [3.8, 4) is 0 Å². The molecule has 0 saturated carbocycles. The van der Waals surface area contributed by atoms with Crippen molar-refractivity contribution in [2.45, 2.75) is 180 Å². The van der Waals surface area contributed by atoms with E-state index in [1.54, 1.807) is 6.08 Å².